The van der Waals surface area contributed by atoms with Gasteiger partial charge in [0.1, 0.15) is 6.04 Å². The zero-order valence-electron chi connectivity index (χ0n) is 9.65. The van der Waals surface area contributed by atoms with Crippen molar-refractivity contribution in [2.45, 2.75) is 38.6 Å². The Morgan fingerprint density at radius 3 is 2.38 bits per heavy atom. The molecule has 3 heteroatoms. The number of hydrogen-bond acceptors (Lipinski definition) is 2. The number of benzene rings is 1. The molecule has 0 heterocycles. The van der Waals surface area contributed by atoms with Gasteiger partial charge in [0, 0.05) is 0 Å². The van der Waals surface area contributed by atoms with E-state index in [9.17, 15) is 4.79 Å². The molecular weight excluding hydrogens is 202 g/mol. The third-order valence-corrected chi connectivity index (χ3v) is 2.61. The third-order valence-electron chi connectivity index (χ3n) is 2.61. The first-order chi connectivity index (χ1) is 7.63. The lowest BCUT2D eigenvalue weighted by Gasteiger charge is -2.07. The first-order valence-electron chi connectivity index (χ1n) is 5.69. The summed E-state index contributed by atoms with van der Waals surface area (Å²) in [6.45, 7) is 2.17. The second-order valence-electron chi connectivity index (χ2n) is 4.07. The molecule has 0 amide bonds. The van der Waals surface area contributed by atoms with Gasteiger partial charge >= 0.3 is 5.97 Å². The Hall–Kier alpha value is -1.35. The van der Waals surface area contributed by atoms with Gasteiger partial charge in [-0.15, -0.1) is 0 Å². The molecule has 0 unspecified atom stereocenters. The lowest BCUT2D eigenvalue weighted by Crippen LogP contribution is -2.32. The van der Waals surface area contributed by atoms with Crippen LogP contribution in [0.5, 0.6) is 0 Å². The molecule has 0 aromatic heterocycles. The van der Waals surface area contributed by atoms with Crippen molar-refractivity contribution in [3.8, 4) is 0 Å². The molecule has 3 nitrogen and oxygen atoms in total. The van der Waals surface area contributed by atoms with Crippen molar-refractivity contribution >= 4 is 5.97 Å². The van der Waals surface area contributed by atoms with E-state index in [1.165, 1.54) is 18.4 Å². The van der Waals surface area contributed by atoms with E-state index < -0.39 is 12.0 Å². The highest BCUT2D eigenvalue weighted by molar-refractivity contribution is 5.73. The maximum absolute atomic E-state index is 10.6. The predicted octanol–water partition coefficient (Wildman–Crippen LogP) is 1.98. The van der Waals surface area contributed by atoms with Crippen molar-refractivity contribution in [3.63, 3.8) is 0 Å². The molecule has 0 aliphatic rings. The van der Waals surface area contributed by atoms with Crippen LogP contribution in [0.25, 0.3) is 0 Å². The van der Waals surface area contributed by atoms with Crippen LogP contribution in [0.15, 0.2) is 24.3 Å². The molecule has 1 aromatic rings. The monoisotopic (exact) mass is 221 g/mol. The molecule has 0 fully saturated rings. The van der Waals surface area contributed by atoms with E-state index in [1.54, 1.807) is 0 Å². The maximum atomic E-state index is 10.6. The average Bonchev–Trinajstić information content (AvgIpc) is 2.28. The Morgan fingerprint density at radius 1 is 1.31 bits per heavy atom. The van der Waals surface area contributed by atoms with Crippen LogP contribution in [0.3, 0.4) is 0 Å². The van der Waals surface area contributed by atoms with Crippen molar-refractivity contribution in [3.05, 3.63) is 35.4 Å². The van der Waals surface area contributed by atoms with Gasteiger partial charge in [0.25, 0.3) is 0 Å². The Kier molecular flexibility index (Phi) is 4.99. The molecule has 16 heavy (non-hydrogen) atoms. The highest BCUT2D eigenvalue weighted by Crippen LogP contribution is 2.09. The molecule has 1 atom stereocenters. The fourth-order valence-electron chi connectivity index (χ4n) is 1.56. The second-order valence-corrected chi connectivity index (χ2v) is 4.07. The van der Waals surface area contributed by atoms with Crippen molar-refractivity contribution in [2.75, 3.05) is 0 Å². The van der Waals surface area contributed by atoms with Crippen LogP contribution in [-0.2, 0) is 17.6 Å². The van der Waals surface area contributed by atoms with Crippen LogP contribution >= 0.6 is 0 Å². The third kappa shape index (κ3) is 4.03. The minimum atomic E-state index is -0.949. The predicted molar refractivity (Wildman–Crippen MR) is 64.4 cm³/mol. The fourth-order valence-corrected chi connectivity index (χ4v) is 1.56. The summed E-state index contributed by atoms with van der Waals surface area (Å²) in [7, 11) is 0. The van der Waals surface area contributed by atoms with Crippen LogP contribution in [0.4, 0.5) is 0 Å². The maximum Gasteiger partial charge on any atom is 0.320 e. The number of hydrogen-bond donors (Lipinski definition) is 2. The number of aliphatic carboxylic acids is 1. The van der Waals surface area contributed by atoms with Gasteiger partial charge in [0.05, 0.1) is 0 Å². The summed E-state index contributed by atoms with van der Waals surface area (Å²) in [6.07, 6.45) is 3.85. The number of unbranched alkanes of at least 4 members (excludes halogenated alkanes) is 1. The van der Waals surface area contributed by atoms with Gasteiger partial charge in [-0.3, -0.25) is 4.79 Å². The van der Waals surface area contributed by atoms with Crippen molar-refractivity contribution < 1.29 is 9.90 Å². The van der Waals surface area contributed by atoms with Gasteiger partial charge in [-0.25, -0.2) is 0 Å². The van der Waals surface area contributed by atoms with Crippen LogP contribution in [-0.4, -0.2) is 17.1 Å². The molecular formula is C13H19NO2. The molecule has 1 aromatic carbocycles. The molecule has 0 bridgehead atoms. The standard InChI is InChI=1S/C13H19NO2/c1-2-3-4-10-5-7-11(8-6-10)9-12(14)13(15)16/h5-8,12H,2-4,9,14H2,1H3,(H,15,16)/t12-/m0/s1. The summed E-state index contributed by atoms with van der Waals surface area (Å²) in [4.78, 5) is 10.6. The van der Waals surface area contributed by atoms with E-state index in [1.807, 2.05) is 12.1 Å². The van der Waals surface area contributed by atoms with Gasteiger partial charge in [-0.2, -0.15) is 0 Å². The van der Waals surface area contributed by atoms with Crippen molar-refractivity contribution in [1.82, 2.24) is 0 Å². The minimum Gasteiger partial charge on any atom is -0.480 e. The molecule has 1 rings (SSSR count). The highest BCUT2D eigenvalue weighted by atomic mass is 16.4. The summed E-state index contributed by atoms with van der Waals surface area (Å²) in [6, 6.07) is 7.24. The summed E-state index contributed by atoms with van der Waals surface area (Å²) < 4.78 is 0. The number of nitrogens with two attached hydrogens (primary N) is 1. The summed E-state index contributed by atoms with van der Waals surface area (Å²) in [5.74, 6) is -0.949. The lowest BCUT2D eigenvalue weighted by molar-refractivity contribution is -0.138. The molecule has 0 radical (unpaired) electrons. The SMILES string of the molecule is CCCCc1ccc(C[C@H](N)C(=O)O)cc1. The van der Waals surface area contributed by atoms with Gasteiger partial charge < -0.3 is 10.8 Å². The minimum absolute atomic E-state index is 0.392. The van der Waals surface area contributed by atoms with Crippen molar-refractivity contribution in [1.29, 1.82) is 0 Å². The van der Waals surface area contributed by atoms with Crippen molar-refractivity contribution in [2.24, 2.45) is 5.73 Å². The lowest BCUT2D eigenvalue weighted by atomic mass is 10.0. The Morgan fingerprint density at radius 2 is 1.88 bits per heavy atom. The smallest absolute Gasteiger partial charge is 0.320 e. The summed E-state index contributed by atoms with van der Waals surface area (Å²) in [5.41, 5.74) is 7.75. The van der Waals surface area contributed by atoms with Crippen LogP contribution in [0.1, 0.15) is 30.9 Å². The molecule has 0 spiro atoms. The van der Waals surface area contributed by atoms with Gasteiger partial charge in [0.15, 0.2) is 0 Å². The first-order valence-corrected chi connectivity index (χ1v) is 5.69. The number of aryl methyl sites for hydroxylation is 1. The molecule has 0 saturated heterocycles. The Bertz CT molecular complexity index is 332. The van der Waals surface area contributed by atoms with Crippen LogP contribution in [0.2, 0.25) is 0 Å². The van der Waals surface area contributed by atoms with E-state index in [2.05, 4.69) is 19.1 Å². The number of rotatable bonds is 6. The summed E-state index contributed by atoms with van der Waals surface area (Å²) >= 11 is 0. The number of carbonyl (C=O) groups is 1. The molecule has 0 aliphatic heterocycles. The van der Waals surface area contributed by atoms with Crippen LogP contribution in [0, 0.1) is 0 Å². The summed E-state index contributed by atoms with van der Waals surface area (Å²) in [5, 5.41) is 8.69. The van der Waals surface area contributed by atoms with Crippen LogP contribution < -0.4 is 5.73 Å². The van der Waals surface area contributed by atoms with E-state index in [0.29, 0.717) is 6.42 Å². The van der Waals surface area contributed by atoms with E-state index in [4.69, 9.17) is 10.8 Å². The molecule has 88 valence electrons. The van der Waals surface area contributed by atoms with Gasteiger partial charge in [-0.1, -0.05) is 37.6 Å². The zero-order valence-corrected chi connectivity index (χ0v) is 9.65. The quantitative estimate of drug-likeness (QED) is 0.772. The molecule has 0 aliphatic carbocycles. The van der Waals surface area contributed by atoms with Gasteiger partial charge in [-0.05, 0) is 30.4 Å². The zero-order chi connectivity index (χ0) is 12.0. The Balaban J connectivity index is 2.54. The second kappa shape index (κ2) is 6.28. The highest BCUT2D eigenvalue weighted by Gasteiger charge is 2.11. The largest absolute Gasteiger partial charge is 0.480 e. The topological polar surface area (TPSA) is 63.3 Å². The van der Waals surface area contributed by atoms with E-state index >= 15 is 0 Å². The van der Waals surface area contributed by atoms with E-state index in [-0.39, 0.29) is 0 Å². The number of carboxylic acids is 1. The first kappa shape index (κ1) is 12.7. The molecule has 3 N–H and O–H groups in total. The Labute approximate surface area is 96.3 Å². The number of carboxylic acid groups (broad SMARTS) is 1. The normalized spacial score (nSPS) is 12.4. The van der Waals surface area contributed by atoms with E-state index in [0.717, 1.165) is 12.0 Å². The molecule has 0 saturated carbocycles. The average molecular weight is 221 g/mol. The van der Waals surface area contributed by atoms with Gasteiger partial charge in [0.2, 0.25) is 0 Å². The fraction of sp³-hybridized carbons (Fsp3) is 0.462.